The molecule has 2 heterocycles. The highest BCUT2D eigenvalue weighted by atomic mass is 16.5. The van der Waals surface area contributed by atoms with Crippen LogP contribution in [-0.2, 0) is 14.3 Å². The molecule has 29 heavy (non-hydrogen) atoms. The summed E-state index contributed by atoms with van der Waals surface area (Å²) in [5.74, 6) is 1.65. The molecule has 3 rings (SSSR count). The highest BCUT2D eigenvalue weighted by Crippen LogP contribution is 2.34. The summed E-state index contributed by atoms with van der Waals surface area (Å²) in [6, 6.07) is 9.06. The minimum Gasteiger partial charge on any atom is -0.371 e. The molecule has 1 aromatic carbocycles. The minimum absolute atomic E-state index is 0.119. The number of carbonyl (C=O) groups is 2. The number of terminal acetylenes is 1. The first-order chi connectivity index (χ1) is 14.0. The van der Waals surface area contributed by atoms with E-state index in [4.69, 9.17) is 11.2 Å². The van der Waals surface area contributed by atoms with Crippen LogP contribution in [0.3, 0.4) is 0 Å². The largest absolute Gasteiger partial charge is 0.371 e. The third-order valence-corrected chi connectivity index (χ3v) is 4.88. The van der Waals surface area contributed by atoms with Gasteiger partial charge in [-0.2, -0.15) is 5.10 Å². The van der Waals surface area contributed by atoms with E-state index in [1.54, 1.807) is 30.5 Å². The van der Waals surface area contributed by atoms with Gasteiger partial charge in [0.1, 0.15) is 6.10 Å². The molecule has 0 saturated carbocycles. The van der Waals surface area contributed by atoms with Gasteiger partial charge in [0.05, 0.1) is 18.2 Å². The molecule has 1 aromatic heterocycles. The predicted octanol–water partition coefficient (Wildman–Crippen LogP) is 2.67. The predicted molar refractivity (Wildman–Crippen MR) is 110 cm³/mol. The number of nitrogens with zero attached hydrogens (tertiary/aromatic N) is 2. The molecule has 1 fully saturated rings. The zero-order chi connectivity index (χ0) is 20.8. The first-order valence-electron chi connectivity index (χ1n) is 9.79. The summed E-state index contributed by atoms with van der Waals surface area (Å²) >= 11 is 0. The van der Waals surface area contributed by atoms with Crippen LogP contribution in [0.15, 0.2) is 36.5 Å². The molecule has 0 bridgehead atoms. The zero-order valence-electron chi connectivity index (χ0n) is 16.7. The highest BCUT2D eigenvalue weighted by molar-refractivity contribution is 5.95. The molecular weight excluding hydrogens is 368 g/mol. The van der Waals surface area contributed by atoms with Crippen molar-refractivity contribution in [2.24, 2.45) is 5.92 Å². The van der Waals surface area contributed by atoms with E-state index in [2.05, 4.69) is 21.7 Å². The van der Waals surface area contributed by atoms with Crippen molar-refractivity contribution in [1.82, 2.24) is 15.1 Å². The van der Waals surface area contributed by atoms with Crippen LogP contribution >= 0.6 is 0 Å². The number of anilines is 1. The van der Waals surface area contributed by atoms with Gasteiger partial charge in [0.25, 0.3) is 0 Å². The van der Waals surface area contributed by atoms with Crippen molar-refractivity contribution in [3.8, 4) is 12.3 Å². The number of ether oxygens (including phenoxy) is 1. The van der Waals surface area contributed by atoms with Crippen molar-refractivity contribution in [1.29, 1.82) is 0 Å². The van der Waals surface area contributed by atoms with Crippen LogP contribution in [0.2, 0.25) is 0 Å². The first kappa shape index (κ1) is 20.6. The summed E-state index contributed by atoms with van der Waals surface area (Å²) in [5, 5.41) is 9.83. The quantitative estimate of drug-likeness (QED) is 0.738. The van der Waals surface area contributed by atoms with Crippen LogP contribution in [0.1, 0.15) is 50.1 Å². The van der Waals surface area contributed by atoms with E-state index in [1.807, 2.05) is 24.6 Å². The van der Waals surface area contributed by atoms with Gasteiger partial charge in [-0.3, -0.25) is 14.3 Å². The van der Waals surface area contributed by atoms with Crippen molar-refractivity contribution in [2.75, 3.05) is 18.5 Å². The molecule has 1 saturated heterocycles. The number of hydrogen-bond acceptors (Lipinski definition) is 4. The van der Waals surface area contributed by atoms with Crippen molar-refractivity contribution >= 4 is 17.5 Å². The summed E-state index contributed by atoms with van der Waals surface area (Å²) in [7, 11) is 0. The lowest BCUT2D eigenvalue weighted by molar-refractivity contribution is -0.136. The van der Waals surface area contributed by atoms with Crippen LogP contribution in [0.4, 0.5) is 5.69 Å². The maximum atomic E-state index is 12.8. The highest BCUT2D eigenvalue weighted by Gasteiger charge is 2.35. The van der Waals surface area contributed by atoms with E-state index in [0.29, 0.717) is 24.3 Å². The van der Waals surface area contributed by atoms with Gasteiger partial charge in [-0.15, -0.1) is 6.42 Å². The van der Waals surface area contributed by atoms with Crippen LogP contribution in [0.25, 0.3) is 0 Å². The lowest BCUT2D eigenvalue weighted by atomic mass is 9.91. The summed E-state index contributed by atoms with van der Waals surface area (Å²) < 4.78 is 7.81. The van der Waals surface area contributed by atoms with Gasteiger partial charge in [-0.25, -0.2) is 0 Å². The Morgan fingerprint density at radius 2 is 2.21 bits per heavy atom. The van der Waals surface area contributed by atoms with Crippen LogP contribution in [0, 0.1) is 18.3 Å². The van der Waals surface area contributed by atoms with E-state index in [9.17, 15) is 9.59 Å². The molecule has 7 nitrogen and oxygen atoms in total. The second-order valence-corrected chi connectivity index (χ2v) is 7.33. The van der Waals surface area contributed by atoms with Crippen molar-refractivity contribution in [3.05, 3.63) is 47.8 Å². The summed E-state index contributed by atoms with van der Waals surface area (Å²) in [6.45, 7) is 4.55. The monoisotopic (exact) mass is 394 g/mol. The molecular formula is C22H26N4O3. The van der Waals surface area contributed by atoms with Gasteiger partial charge in [0.15, 0.2) is 0 Å². The zero-order valence-corrected chi connectivity index (χ0v) is 16.7. The minimum atomic E-state index is -0.371. The lowest BCUT2D eigenvalue weighted by Gasteiger charge is -2.31. The first-order valence-corrected chi connectivity index (χ1v) is 9.79. The van der Waals surface area contributed by atoms with Gasteiger partial charge in [-0.1, -0.05) is 12.0 Å². The molecule has 2 amide bonds. The Labute approximate surface area is 170 Å². The Hall–Kier alpha value is -3.11. The third-order valence-electron chi connectivity index (χ3n) is 4.88. The number of hydrogen-bond donors (Lipinski definition) is 2. The molecule has 152 valence electrons. The second kappa shape index (κ2) is 9.39. The molecule has 0 radical (unpaired) electrons. The number of carbonyl (C=O) groups excluding carboxylic acids is 2. The van der Waals surface area contributed by atoms with Crippen molar-refractivity contribution in [2.45, 2.75) is 38.8 Å². The van der Waals surface area contributed by atoms with Gasteiger partial charge in [0.2, 0.25) is 11.8 Å². The summed E-state index contributed by atoms with van der Waals surface area (Å²) in [4.78, 5) is 25.0. The fourth-order valence-corrected chi connectivity index (χ4v) is 3.51. The van der Waals surface area contributed by atoms with Crippen LogP contribution in [0.5, 0.6) is 0 Å². The molecule has 2 N–H and O–H groups in total. The van der Waals surface area contributed by atoms with E-state index in [-0.39, 0.29) is 36.4 Å². The summed E-state index contributed by atoms with van der Waals surface area (Å²) in [6.07, 6.45) is 8.23. The molecule has 0 aliphatic carbocycles. The maximum Gasteiger partial charge on any atom is 0.243 e. The second-order valence-electron chi connectivity index (χ2n) is 7.33. The molecule has 1 aliphatic rings. The van der Waals surface area contributed by atoms with Gasteiger partial charge >= 0.3 is 0 Å². The Bertz CT molecular complexity index is 913. The number of amides is 2. The number of rotatable bonds is 6. The topological polar surface area (TPSA) is 85.2 Å². The Kier molecular flexibility index (Phi) is 6.68. The number of nitrogens with one attached hydrogen (secondary N) is 2. The standard InChI is InChI=1S/C22H26N4O3/c1-4-16-7-5-8-17(13-16)25-20(27)14-23-22(28)18-9-6-12-29-21(18)19-10-11-24-26(19)15(2)3/h1,5,7-8,10-11,13,15,18,21H,6,9,12,14H2,2-3H3,(H,23,28)(H,25,27)/t18-,21-/m1/s1. The summed E-state index contributed by atoms with van der Waals surface area (Å²) in [5.41, 5.74) is 2.16. The molecule has 7 heteroatoms. The SMILES string of the molecule is C#Cc1cccc(NC(=O)CNC(=O)[C@@H]2CCCO[C@H]2c2ccnn2C(C)C)c1. The maximum absolute atomic E-state index is 12.8. The molecule has 0 spiro atoms. The molecule has 2 aromatic rings. The molecule has 0 unspecified atom stereocenters. The number of benzene rings is 1. The number of aromatic nitrogens is 2. The van der Waals surface area contributed by atoms with Gasteiger partial charge in [0, 0.05) is 30.1 Å². The van der Waals surface area contributed by atoms with E-state index in [1.165, 1.54) is 0 Å². The van der Waals surface area contributed by atoms with Crippen molar-refractivity contribution in [3.63, 3.8) is 0 Å². The van der Waals surface area contributed by atoms with Crippen LogP contribution in [-0.4, -0.2) is 34.7 Å². The fraction of sp³-hybridized carbons (Fsp3) is 0.409. The average Bonchev–Trinajstić information content (AvgIpc) is 3.22. The normalized spacial score (nSPS) is 18.8. The smallest absolute Gasteiger partial charge is 0.243 e. The lowest BCUT2D eigenvalue weighted by Crippen LogP contribution is -2.41. The van der Waals surface area contributed by atoms with Gasteiger partial charge in [-0.05, 0) is 51.0 Å². The van der Waals surface area contributed by atoms with E-state index in [0.717, 1.165) is 12.1 Å². The average molecular weight is 394 g/mol. The van der Waals surface area contributed by atoms with Crippen LogP contribution < -0.4 is 10.6 Å². The Balaban J connectivity index is 1.61. The Morgan fingerprint density at radius 3 is 2.97 bits per heavy atom. The van der Waals surface area contributed by atoms with Crippen molar-refractivity contribution < 1.29 is 14.3 Å². The third kappa shape index (κ3) is 5.04. The molecule has 2 atom stereocenters. The van der Waals surface area contributed by atoms with E-state index >= 15 is 0 Å². The Morgan fingerprint density at radius 1 is 1.38 bits per heavy atom. The fourth-order valence-electron chi connectivity index (χ4n) is 3.51. The van der Waals surface area contributed by atoms with Gasteiger partial charge < -0.3 is 15.4 Å². The van der Waals surface area contributed by atoms with E-state index < -0.39 is 0 Å². The molecule has 1 aliphatic heterocycles.